The van der Waals surface area contributed by atoms with Crippen LogP contribution in [0, 0.1) is 6.92 Å². The maximum absolute atomic E-state index is 12.1. The Balaban J connectivity index is 2.68. The van der Waals surface area contributed by atoms with Crippen molar-refractivity contribution in [2.45, 2.75) is 26.7 Å². The molecule has 0 heterocycles. The highest BCUT2D eigenvalue weighted by Crippen LogP contribution is 2.17. The van der Waals surface area contributed by atoms with Gasteiger partial charge in [-0.25, -0.2) is 0 Å². The number of hydrogen-bond donors (Lipinski definition) is 3. The second-order valence-electron chi connectivity index (χ2n) is 4.65. The van der Waals surface area contributed by atoms with Gasteiger partial charge in [-0.05, 0) is 31.0 Å². The molecule has 0 bridgehead atoms. The number of aryl methyl sites for hydroxylation is 1. The molecule has 0 fully saturated rings. The molecule has 0 aromatic heterocycles. The predicted octanol–water partition coefficient (Wildman–Crippen LogP) is 1.68. The van der Waals surface area contributed by atoms with Gasteiger partial charge in [0.1, 0.15) is 0 Å². The average Bonchev–Trinajstić information content (AvgIpc) is 2.44. The van der Waals surface area contributed by atoms with Gasteiger partial charge in [-0.2, -0.15) is 0 Å². The van der Waals surface area contributed by atoms with E-state index in [1.54, 1.807) is 7.05 Å². The Hall–Kier alpha value is -2.04. The molecule has 0 aliphatic carbocycles. The number of benzene rings is 1. The van der Waals surface area contributed by atoms with E-state index in [0.29, 0.717) is 12.1 Å². The summed E-state index contributed by atoms with van der Waals surface area (Å²) in [5, 5.41) is 8.54. The molecular weight excluding hydrogens is 254 g/mol. The summed E-state index contributed by atoms with van der Waals surface area (Å²) in [6.07, 6.45) is 1.28. The van der Waals surface area contributed by atoms with Crippen molar-refractivity contribution in [3.05, 3.63) is 29.3 Å². The van der Waals surface area contributed by atoms with Gasteiger partial charge in [-0.15, -0.1) is 0 Å². The maximum atomic E-state index is 12.1. The summed E-state index contributed by atoms with van der Waals surface area (Å²) in [7, 11) is 1.58. The van der Waals surface area contributed by atoms with Crippen LogP contribution >= 0.6 is 0 Å². The van der Waals surface area contributed by atoms with Crippen LogP contribution in [0.25, 0.3) is 0 Å². The smallest absolute Gasteiger partial charge is 0.253 e. The molecule has 3 N–H and O–H groups in total. The molecule has 0 saturated heterocycles. The van der Waals surface area contributed by atoms with Crippen LogP contribution in [0.1, 0.15) is 35.7 Å². The third-order valence-corrected chi connectivity index (χ3v) is 2.90. The van der Waals surface area contributed by atoms with Crippen LogP contribution in [0.4, 0.5) is 5.69 Å². The predicted molar refractivity (Wildman–Crippen MR) is 81.0 cm³/mol. The lowest BCUT2D eigenvalue weighted by Crippen LogP contribution is -2.29. The highest BCUT2D eigenvalue weighted by molar-refractivity contribution is 5.99. The number of anilines is 1. The van der Waals surface area contributed by atoms with Crippen molar-refractivity contribution in [1.29, 1.82) is 0 Å². The summed E-state index contributed by atoms with van der Waals surface area (Å²) < 4.78 is 0. The van der Waals surface area contributed by atoms with Crippen LogP contribution in [0.15, 0.2) is 18.2 Å². The molecule has 0 saturated carbocycles. The molecule has 0 atom stereocenters. The zero-order chi connectivity index (χ0) is 15.0. The molecule has 0 aliphatic heterocycles. The second-order valence-corrected chi connectivity index (χ2v) is 4.65. The van der Waals surface area contributed by atoms with E-state index in [0.717, 1.165) is 24.2 Å². The van der Waals surface area contributed by atoms with Crippen LogP contribution in [0.2, 0.25) is 0 Å². The second kappa shape index (κ2) is 8.19. The summed E-state index contributed by atoms with van der Waals surface area (Å²) in [5.74, 6) is -0.244. The minimum absolute atomic E-state index is 0.0847. The first-order valence-corrected chi connectivity index (χ1v) is 6.91. The molecule has 1 aromatic rings. The molecule has 5 heteroatoms. The number of nitrogens with one attached hydrogen (secondary N) is 3. The molecule has 20 heavy (non-hydrogen) atoms. The van der Waals surface area contributed by atoms with Gasteiger partial charge >= 0.3 is 0 Å². The quantitative estimate of drug-likeness (QED) is 0.710. The standard InChI is InChI=1S/C15H23N3O2/c1-4-8-17-13-10-11(2)5-6-12(13)15(20)18-9-7-14(19)16-3/h5-6,10,17H,4,7-9H2,1-3H3,(H,16,19)(H,18,20). The minimum Gasteiger partial charge on any atom is -0.384 e. The SMILES string of the molecule is CCCNc1cc(C)ccc1C(=O)NCCC(=O)NC. The van der Waals surface area contributed by atoms with Gasteiger partial charge in [-0.1, -0.05) is 13.0 Å². The molecule has 0 aliphatic rings. The number of hydrogen-bond acceptors (Lipinski definition) is 3. The first kappa shape index (κ1) is 16.0. The van der Waals surface area contributed by atoms with Crippen LogP contribution in [0.3, 0.4) is 0 Å². The van der Waals surface area contributed by atoms with E-state index in [1.165, 1.54) is 0 Å². The van der Waals surface area contributed by atoms with Gasteiger partial charge in [0.15, 0.2) is 0 Å². The molecule has 1 rings (SSSR count). The van der Waals surface area contributed by atoms with Gasteiger partial charge in [0.05, 0.1) is 5.56 Å². The van der Waals surface area contributed by atoms with Crippen LogP contribution in [-0.2, 0) is 4.79 Å². The third kappa shape index (κ3) is 4.91. The van der Waals surface area contributed by atoms with Crippen molar-refractivity contribution in [1.82, 2.24) is 10.6 Å². The van der Waals surface area contributed by atoms with Gasteiger partial charge in [-0.3, -0.25) is 9.59 Å². The third-order valence-electron chi connectivity index (χ3n) is 2.90. The molecule has 0 radical (unpaired) electrons. The fourth-order valence-corrected chi connectivity index (χ4v) is 1.77. The van der Waals surface area contributed by atoms with E-state index in [1.807, 2.05) is 25.1 Å². The van der Waals surface area contributed by atoms with Gasteiger partial charge in [0, 0.05) is 32.2 Å². The summed E-state index contributed by atoms with van der Waals surface area (Å²) in [5.41, 5.74) is 2.55. The van der Waals surface area contributed by atoms with Crippen LogP contribution < -0.4 is 16.0 Å². The Bertz CT molecular complexity index is 472. The molecule has 1 aromatic carbocycles. The molecule has 0 spiro atoms. The van der Waals surface area contributed by atoms with E-state index in [9.17, 15) is 9.59 Å². The normalized spacial score (nSPS) is 9.95. The highest BCUT2D eigenvalue weighted by atomic mass is 16.2. The van der Waals surface area contributed by atoms with Crippen molar-refractivity contribution < 1.29 is 9.59 Å². The van der Waals surface area contributed by atoms with E-state index in [2.05, 4.69) is 22.9 Å². The maximum Gasteiger partial charge on any atom is 0.253 e. The molecule has 5 nitrogen and oxygen atoms in total. The Kier molecular flexibility index (Phi) is 6.56. The first-order chi connectivity index (χ1) is 9.58. The summed E-state index contributed by atoms with van der Waals surface area (Å²) in [6.45, 7) is 5.22. The lowest BCUT2D eigenvalue weighted by atomic mass is 10.1. The van der Waals surface area contributed by atoms with Gasteiger partial charge in [0.25, 0.3) is 5.91 Å². The number of amides is 2. The molecule has 0 unspecified atom stereocenters. The zero-order valence-electron chi connectivity index (χ0n) is 12.4. The van der Waals surface area contributed by atoms with E-state index in [4.69, 9.17) is 0 Å². The van der Waals surface area contributed by atoms with Crippen molar-refractivity contribution in [2.24, 2.45) is 0 Å². The van der Waals surface area contributed by atoms with Crippen molar-refractivity contribution in [3.8, 4) is 0 Å². The van der Waals surface area contributed by atoms with Crippen molar-refractivity contribution in [3.63, 3.8) is 0 Å². The Morgan fingerprint density at radius 1 is 1.20 bits per heavy atom. The van der Waals surface area contributed by atoms with Crippen LogP contribution in [-0.4, -0.2) is 32.0 Å². The van der Waals surface area contributed by atoms with E-state index >= 15 is 0 Å². The zero-order valence-corrected chi connectivity index (χ0v) is 12.4. The number of rotatable bonds is 7. The minimum atomic E-state index is -0.160. The largest absolute Gasteiger partial charge is 0.384 e. The average molecular weight is 277 g/mol. The monoisotopic (exact) mass is 277 g/mol. The molecule has 2 amide bonds. The summed E-state index contributed by atoms with van der Waals surface area (Å²) in [6, 6.07) is 5.68. The summed E-state index contributed by atoms with van der Waals surface area (Å²) >= 11 is 0. The molecule has 110 valence electrons. The fraction of sp³-hybridized carbons (Fsp3) is 0.467. The van der Waals surface area contributed by atoms with Gasteiger partial charge < -0.3 is 16.0 Å². The summed E-state index contributed by atoms with van der Waals surface area (Å²) in [4.78, 5) is 23.2. The van der Waals surface area contributed by atoms with E-state index < -0.39 is 0 Å². The van der Waals surface area contributed by atoms with Gasteiger partial charge in [0.2, 0.25) is 5.91 Å². The topological polar surface area (TPSA) is 70.2 Å². The Morgan fingerprint density at radius 2 is 1.95 bits per heavy atom. The highest BCUT2D eigenvalue weighted by Gasteiger charge is 2.11. The Labute approximate surface area is 120 Å². The number of carbonyl (C=O) groups excluding carboxylic acids is 2. The fourth-order valence-electron chi connectivity index (χ4n) is 1.77. The van der Waals surface area contributed by atoms with Crippen molar-refractivity contribution >= 4 is 17.5 Å². The lowest BCUT2D eigenvalue weighted by Gasteiger charge is -2.12. The lowest BCUT2D eigenvalue weighted by molar-refractivity contribution is -0.120. The molecular formula is C15H23N3O2. The number of carbonyl (C=O) groups is 2. The van der Waals surface area contributed by atoms with E-state index in [-0.39, 0.29) is 18.2 Å². The Morgan fingerprint density at radius 3 is 2.60 bits per heavy atom. The van der Waals surface area contributed by atoms with Crippen molar-refractivity contribution in [2.75, 3.05) is 25.5 Å². The van der Waals surface area contributed by atoms with Crippen LogP contribution in [0.5, 0.6) is 0 Å². The first-order valence-electron chi connectivity index (χ1n) is 6.91.